The zero-order valence-electron chi connectivity index (χ0n) is 22.0. The van der Waals surface area contributed by atoms with Crippen LogP contribution in [0.15, 0.2) is 64.5 Å². The van der Waals surface area contributed by atoms with Crippen molar-refractivity contribution in [3.05, 3.63) is 66.0 Å². The maximum Gasteiger partial charge on any atom is 0.247 e. The molecule has 1 aliphatic carbocycles. The SMILES string of the molecule is Cc1nnc(-c2ccc(N3CCCC(NC4CCCCC4CNc4cc(-c5cccs5)ccn4)C3)cc2)o1. The molecule has 0 radical (unpaired) electrons. The molecule has 3 aromatic heterocycles. The fourth-order valence-electron chi connectivity index (χ4n) is 5.91. The molecule has 1 aromatic carbocycles. The van der Waals surface area contributed by atoms with E-state index in [4.69, 9.17) is 4.42 Å². The molecule has 1 saturated heterocycles. The summed E-state index contributed by atoms with van der Waals surface area (Å²) in [6.45, 7) is 4.92. The predicted octanol–water partition coefficient (Wildman–Crippen LogP) is 6.40. The van der Waals surface area contributed by atoms with Crippen molar-refractivity contribution in [2.75, 3.05) is 29.9 Å². The fourth-order valence-corrected chi connectivity index (χ4v) is 6.63. The minimum Gasteiger partial charge on any atom is -0.421 e. The number of hydrogen-bond acceptors (Lipinski definition) is 8. The fraction of sp³-hybridized carbons (Fsp3) is 0.433. The Balaban J connectivity index is 1.06. The van der Waals surface area contributed by atoms with Crippen molar-refractivity contribution in [2.45, 2.75) is 57.5 Å². The molecule has 0 spiro atoms. The molecule has 0 amide bonds. The summed E-state index contributed by atoms with van der Waals surface area (Å²) in [7, 11) is 0. The van der Waals surface area contributed by atoms with E-state index in [1.807, 2.05) is 13.1 Å². The second kappa shape index (κ2) is 11.7. The third-order valence-corrected chi connectivity index (χ3v) is 8.82. The van der Waals surface area contributed by atoms with Gasteiger partial charge in [-0.05, 0) is 85.0 Å². The molecule has 1 saturated carbocycles. The maximum atomic E-state index is 5.58. The second-order valence-corrected chi connectivity index (χ2v) is 11.5. The molecular formula is C30H36N6OS. The molecule has 4 aromatic rings. The number of rotatable bonds is 8. The van der Waals surface area contributed by atoms with Gasteiger partial charge < -0.3 is 20.0 Å². The Labute approximate surface area is 228 Å². The average Bonchev–Trinajstić information content (AvgIpc) is 3.66. The topological polar surface area (TPSA) is 79.1 Å². The monoisotopic (exact) mass is 528 g/mol. The van der Waals surface area contributed by atoms with Crippen molar-refractivity contribution >= 4 is 22.8 Å². The second-order valence-electron chi connectivity index (χ2n) is 10.6. The van der Waals surface area contributed by atoms with Crippen molar-refractivity contribution in [1.29, 1.82) is 0 Å². The lowest BCUT2D eigenvalue weighted by atomic mass is 9.83. The number of anilines is 2. The van der Waals surface area contributed by atoms with Crippen molar-refractivity contribution in [3.8, 4) is 21.9 Å². The Morgan fingerprint density at radius 2 is 1.89 bits per heavy atom. The van der Waals surface area contributed by atoms with Crippen molar-refractivity contribution < 1.29 is 4.42 Å². The van der Waals surface area contributed by atoms with Gasteiger partial charge in [-0.15, -0.1) is 21.5 Å². The summed E-state index contributed by atoms with van der Waals surface area (Å²) in [4.78, 5) is 8.40. The number of nitrogens with one attached hydrogen (secondary N) is 2. The molecule has 6 rings (SSSR count). The van der Waals surface area contributed by atoms with E-state index >= 15 is 0 Å². The van der Waals surface area contributed by atoms with Gasteiger partial charge in [0.15, 0.2) is 0 Å². The lowest BCUT2D eigenvalue weighted by Gasteiger charge is -2.40. The number of benzene rings is 1. The predicted molar refractivity (Wildman–Crippen MR) is 155 cm³/mol. The first-order valence-electron chi connectivity index (χ1n) is 13.9. The molecule has 7 nitrogen and oxygen atoms in total. The Morgan fingerprint density at radius 3 is 2.71 bits per heavy atom. The van der Waals surface area contributed by atoms with Gasteiger partial charge in [0.25, 0.3) is 0 Å². The quantitative estimate of drug-likeness (QED) is 0.274. The molecule has 2 aliphatic rings. The molecule has 2 fully saturated rings. The zero-order chi connectivity index (χ0) is 25.7. The summed E-state index contributed by atoms with van der Waals surface area (Å²) in [5, 5.41) is 18.0. The highest BCUT2D eigenvalue weighted by atomic mass is 32.1. The first kappa shape index (κ1) is 25.1. The third kappa shape index (κ3) is 5.92. The van der Waals surface area contributed by atoms with Gasteiger partial charge in [0.05, 0.1) is 0 Å². The van der Waals surface area contributed by atoms with Gasteiger partial charge >= 0.3 is 0 Å². The maximum absolute atomic E-state index is 5.58. The molecule has 8 heteroatoms. The van der Waals surface area contributed by atoms with Gasteiger partial charge in [-0.2, -0.15) is 0 Å². The molecular weight excluding hydrogens is 492 g/mol. The van der Waals surface area contributed by atoms with Crippen LogP contribution in [0.3, 0.4) is 0 Å². The van der Waals surface area contributed by atoms with E-state index in [2.05, 4.69) is 84.6 Å². The number of hydrogen-bond donors (Lipinski definition) is 2. The van der Waals surface area contributed by atoms with Crippen molar-refractivity contribution in [1.82, 2.24) is 20.5 Å². The molecule has 3 atom stereocenters. The smallest absolute Gasteiger partial charge is 0.247 e. The minimum absolute atomic E-state index is 0.507. The summed E-state index contributed by atoms with van der Waals surface area (Å²) in [6.07, 6.45) is 9.50. The standard InChI is InChI=1S/C30H36N6OS/c1-21-34-35-30(37-21)22-10-12-26(13-11-22)36-16-4-7-25(20-36)33-27-8-3-2-6-24(27)19-32-29-18-23(14-15-31-29)28-9-5-17-38-28/h5,9-15,17-18,24-25,27,33H,2-4,6-8,16,19-20H2,1H3,(H,31,32). The van der Waals surface area contributed by atoms with E-state index in [0.29, 0.717) is 29.8 Å². The largest absolute Gasteiger partial charge is 0.421 e. The summed E-state index contributed by atoms with van der Waals surface area (Å²) in [5.41, 5.74) is 3.46. The van der Waals surface area contributed by atoms with E-state index in [9.17, 15) is 0 Å². The molecule has 0 bridgehead atoms. The van der Waals surface area contributed by atoms with Crippen LogP contribution < -0.4 is 15.5 Å². The van der Waals surface area contributed by atoms with E-state index in [1.165, 1.54) is 54.7 Å². The van der Waals surface area contributed by atoms with Gasteiger partial charge in [0.2, 0.25) is 11.8 Å². The minimum atomic E-state index is 0.507. The van der Waals surface area contributed by atoms with Gasteiger partial charge in [-0.1, -0.05) is 18.9 Å². The Hall–Kier alpha value is -3.23. The van der Waals surface area contributed by atoms with Crippen LogP contribution in [-0.4, -0.2) is 46.9 Å². The van der Waals surface area contributed by atoms with Crippen LogP contribution in [0.4, 0.5) is 11.5 Å². The molecule has 3 unspecified atom stereocenters. The van der Waals surface area contributed by atoms with Crippen LogP contribution >= 0.6 is 11.3 Å². The van der Waals surface area contributed by atoms with E-state index in [1.54, 1.807) is 11.3 Å². The lowest BCUT2D eigenvalue weighted by molar-refractivity contribution is 0.241. The number of aromatic nitrogens is 3. The van der Waals surface area contributed by atoms with Crippen LogP contribution in [0.25, 0.3) is 21.9 Å². The molecule has 198 valence electrons. The summed E-state index contributed by atoms with van der Waals surface area (Å²) >= 11 is 1.77. The molecule has 2 N–H and O–H groups in total. The van der Waals surface area contributed by atoms with Gasteiger partial charge in [0, 0.05) is 61.0 Å². The van der Waals surface area contributed by atoms with Gasteiger partial charge in [-0.3, -0.25) is 0 Å². The number of thiophene rings is 1. The number of piperidine rings is 1. The lowest BCUT2D eigenvalue weighted by Crippen LogP contribution is -2.52. The van der Waals surface area contributed by atoms with Gasteiger partial charge in [-0.25, -0.2) is 4.98 Å². The summed E-state index contributed by atoms with van der Waals surface area (Å²) in [5.74, 6) is 2.76. The van der Waals surface area contributed by atoms with Gasteiger partial charge in [0.1, 0.15) is 5.82 Å². The first-order chi connectivity index (χ1) is 18.7. The number of aryl methyl sites for hydroxylation is 1. The highest BCUT2D eigenvalue weighted by Gasteiger charge is 2.29. The van der Waals surface area contributed by atoms with Crippen LogP contribution in [0.2, 0.25) is 0 Å². The number of nitrogens with zero attached hydrogens (tertiary/aromatic N) is 4. The molecule has 4 heterocycles. The first-order valence-corrected chi connectivity index (χ1v) is 14.7. The summed E-state index contributed by atoms with van der Waals surface area (Å²) < 4.78 is 5.58. The average molecular weight is 529 g/mol. The van der Waals surface area contributed by atoms with Crippen molar-refractivity contribution in [2.24, 2.45) is 5.92 Å². The number of pyridine rings is 1. The Kier molecular flexibility index (Phi) is 7.69. The zero-order valence-corrected chi connectivity index (χ0v) is 22.8. The van der Waals surface area contributed by atoms with Crippen molar-refractivity contribution in [3.63, 3.8) is 0 Å². The molecule has 1 aliphatic heterocycles. The Bertz CT molecular complexity index is 1300. The van der Waals surface area contributed by atoms with Crippen LogP contribution in [0.1, 0.15) is 44.4 Å². The van der Waals surface area contributed by atoms with Crippen LogP contribution in [0.5, 0.6) is 0 Å². The van der Waals surface area contributed by atoms with E-state index in [-0.39, 0.29) is 0 Å². The van der Waals surface area contributed by atoms with E-state index in [0.717, 1.165) is 31.0 Å². The highest BCUT2D eigenvalue weighted by molar-refractivity contribution is 7.13. The Morgan fingerprint density at radius 1 is 1.00 bits per heavy atom. The third-order valence-electron chi connectivity index (χ3n) is 7.90. The normalized spacial score (nSPS) is 21.9. The molecule has 38 heavy (non-hydrogen) atoms. The van der Waals surface area contributed by atoms with Crippen LogP contribution in [-0.2, 0) is 0 Å². The van der Waals surface area contributed by atoms with E-state index < -0.39 is 0 Å². The van der Waals surface area contributed by atoms with Crippen LogP contribution in [0, 0.1) is 12.8 Å². The summed E-state index contributed by atoms with van der Waals surface area (Å²) in [6, 6.07) is 18.1. The highest BCUT2D eigenvalue weighted by Crippen LogP contribution is 2.29.